The fourth-order valence-corrected chi connectivity index (χ4v) is 6.41. The number of sulfonamides is 1. The monoisotopic (exact) mass is 554 g/mol. The maximum Gasteiger partial charge on any atom is 0.254 e. The maximum atomic E-state index is 14.3. The fraction of sp³-hybridized carbons (Fsp3) is 0.448. The lowest BCUT2D eigenvalue weighted by Crippen LogP contribution is -2.41. The van der Waals surface area contributed by atoms with E-state index in [0.29, 0.717) is 48.2 Å². The Bertz CT molecular complexity index is 1460. The number of fused-ring (bicyclic) bond motifs is 2. The summed E-state index contributed by atoms with van der Waals surface area (Å²) in [5.74, 6) is 0.344. The van der Waals surface area contributed by atoms with E-state index in [9.17, 15) is 13.2 Å². The SMILES string of the molecule is CC(C)N1CCCN(S(C)(=O)=O)c2cc(Cl)ccc2CN(C(=O)c2cc(C3CC3)nc3ccccc23)CC1. The minimum Gasteiger partial charge on any atom is -0.333 e. The van der Waals surface area contributed by atoms with Crippen LogP contribution in [-0.4, -0.2) is 67.6 Å². The van der Waals surface area contributed by atoms with Crippen molar-refractivity contribution >= 4 is 44.1 Å². The summed E-state index contributed by atoms with van der Waals surface area (Å²) in [4.78, 5) is 23.3. The molecule has 1 fully saturated rings. The van der Waals surface area contributed by atoms with Gasteiger partial charge in [-0.2, -0.15) is 0 Å². The Morgan fingerprint density at radius 2 is 1.79 bits per heavy atom. The smallest absolute Gasteiger partial charge is 0.254 e. The Labute approximate surface area is 230 Å². The molecule has 0 atom stereocenters. The van der Waals surface area contributed by atoms with Gasteiger partial charge >= 0.3 is 0 Å². The van der Waals surface area contributed by atoms with Gasteiger partial charge in [0.15, 0.2) is 0 Å². The molecule has 0 unspecified atom stereocenters. The lowest BCUT2D eigenvalue weighted by atomic mass is 10.0. The zero-order chi connectivity index (χ0) is 27.0. The van der Waals surface area contributed by atoms with Crippen LogP contribution in [0.5, 0.6) is 0 Å². The van der Waals surface area contributed by atoms with Crippen LogP contribution >= 0.6 is 11.6 Å². The summed E-state index contributed by atoms with van der Waals surface area (Å²) in [6, 6.07) is 15.3. The van der Waals surface area contributed by atoms with E-state index in [-0.39, 0.29) is 18.5 Å². The Morgan fingerprint density at radius 3 is 2.50 bits per heavy atom. The van der Waals surface area contributed by atoms with Crippen molar-refractivity contribution in [2.45, 2.75) is 51.6 Å². The van der Waals surface area contributed by atoms with E-state index in [4.69, 9.17) is 16.6 Å². The topological polar surface area (TPSA) is 73.8 Å². The van der Waals surface area contributed by atoms with E-state index in [1.165, 1.54) is 10.6 Å². The third-order valence-corrected chi connectivity index (χ3v) is 8.94. The lowest BCUT2D eigenvalue weighted by Gasteiger charge is -2.30. The third kappa shape index (κ3) is 5.82. The van der Waals surface area contributed by atoms with Crippen molar-refractivity contribution in [1.82, 2.24) is 14.8 Å². The molecule has 0 radical (unpaired) electrons. The number of halogens is 1. The summed E-state index contributed by atoms with van der Waals surface area (Å²) >= 11 is 6.35. The second kappa shape index (κ2) is 10.8. The molecule has 202 valence electrons. The summed E-state index contributed by atoms with van der Waals surface area (Å²) in [7, 11) is -3.56. The number of nitrogens with zero attached hydrogens (tertiary/aromatic N) is 4. The summed E-state index contributed by atoms with van der Waals surface area (Å²) in [6.07, 6.45) is 4.09. The number of carbonyl (C=O) groups is 1. The van der Waals surface area contributed by atoms with Gasteiger partial charge in [-0.1, -0.05) is 35.9 Å². The number of benzene rings is 2. The molecule has 5 rings (SSSR count). The zero-order valence-corrected chi connectivity index (χ0v) is 23.8. The van der Waals surface area contributed by atoms with Crippen molar-refractivity contribution in [2.75, 3.05) is 36.7 Å². The van der Waals surface area contributed by atoms with E-state index >= 15 is 0 Å². The highest BCUT2D eigenvalue weighted by Gasteiger charge is 2.30. The number of anilines is 1. The van der Waals surface area contributed by atoms with Gasteiger partial charge in [0.05, 0.1) is 23.0 Å². The largest absolute Gasteiger partial charge is 0.333 e. The Kier molecular flexibility index (Phi) is 7.67. The molecular weight excluding hydrogens is 520 g/mol. The Balaban J connectivity index is 1.60. The van der Waals surface area contributed by atoms with E-state index in [0.717, 1.165) is 41.5 Å². The summed E-state index contributed by atoms with van der Waals surface area (Å²) in [6.45, 7) is 6.84. The predicted octanol–water partition coefficient (Wildman–Crippen LogP) is 5.29. The number of para-hydroxylation sites is 1. The van der Waals surface area contributed by atoms with Crippen LogP contribution in [0.25, 0.3) is 10.9 Å². The van der Waals surface area contributed by atoms with Crippen molar-refractivity contribution in [3.8, 4) is 0 Å². The van der Waals surface area contributed by atoms with Crippen LogP contribution in [0.2, 0.25) is 5.02 Å². The summed E-state index contributed by atoms with van der Waals surface area (Å²) in [5.41, 5.74) is 3.75. The van der Waals surface area contributed by atoms with Gasteiger partial charge in [0.2, 0.25) is 10.0 Å². The molecular formula is C29H35ClN4O3S. The van der Waals surface area contributed by atoms with Gasteiger partial charge in [-0.3, -0.25) is 19.0 Å². The van der Waals surface area contributed by atoms with Crippen LogP contribution in [0.3, 0.4) is 0 Å². The minimum absolute atomic E-state index is 0.0692. The Morgan fingerprint density at radius 1 is 1.03 bits per heavy atom. The lowest BCUT2D eigenvalue weighted by molar-refractivity contribution is 0.0714. The molecule has 0 N–H and O–H groups in total. The molecule has 0 saturated heterocycles. The molecule has 9 heteroatoms. The van der Waals surface area contributed by atoms with Gasteiger partial charge in [0.1, 0.15) is 0 Å². The molecule has 2 aliphatic rings. The number of hydrogen-bond donors (Lipinski definition) is 0. The third-order valence-electron chi connectivity index (χ3n) is 7.52. The van der Waals surface area contributed by atoms with Crippen molar-refractivity contribution in [3.05, 3.63) is 70.4 Å². The molecule has 1 aliphatic carbocycles. The van der Waals surface area contributed by atoms with Crippen LogP contribution in [0.15, 0.2) is 48.5 Å². The van der Waals surface area contributed by atoms with E-state index in [1.807, 2.05) is 41.3 Å². The van der Waals surface area contributed by atoms with Gasteiger partial charge < -0.3 is 4.90 Å². The molecule has 38 heavy (non-hydrogen) atoms. The molecule has 0 bridgehead atoms. The van der Waals surface area contributed by atoms with Gasteiger partial charge in [0, 0.05) is 60.8 Å². The standard InChI is InChI=1S/C29H35ClN4O3S/c1-20(2)32-13-6-14-34(38(3,36)37)28-17-23(30)12-11-22(28)19-33(16-15-32)29(35)25-18-27(21-9-10-21)31-26-8-5-4-7-24(25)26/h4-5,7-8,11-12,17-18,20-21H,6,9-10,13-16,19H2,1-3H3. The normalized spacial score (nSPS) is 17.9. The number of aromatic nitrogens is 1. The van der Waals surface area contributed by atoms with Crippen LogP contribution in [-0.2, 0) is 16.6 Å². The quantitative estimate of drug-likeness (QED) is 0.438. The maximum absolute atomic E-state index is 14.3. The van der Waals surface area contributed by atoms with Crippen LogP contribution in [0.4, 0.5) is 5.69 Å². The van der Waals surface area contributed by atoms with Crippen molar-refractivity contribution in [1.29, 1.82) is 0 Å². The van der Waals surface area contributed by atoms with Gasteiger partial charge in [-0.15, -0.1) is 0 Å². The van der Waals surface area contributed by atoms with Gasteiger partial charge in [-0.05, 0) is 62.9 Å². The molecule has 1 aromatic heterocycles. The van der Waals surface area contributed by atoms with Crippen LogP contribution < -0.4 is 4.31 Å². The molecule has 7 nitrogen and oxygen atoms in total. The number of carbonyl (C=O) groups excluding carboxylic acids is 1. The van der Waals surface area contributed by atoms with Crippen molar-refractivity contribution in [2.24, 2.45) is 0 Å². The highest BCUT2D eigenvalue weighted by atomic mass is 35.5. The number of pyridine rings is 1. The first kappa shape index (κ1) is 26.9. The molecule has 0 spiro atoms. The van der Waals surface area contributed by atoms with Crippen molar-refractivity contribution in [3.63, 3.8) is 0 Å². The molecule has 2 heterocycles. The Hall–Kier alpha value is -2.68. The first-order valence-electron chi connectivity index (χ1n) is 13.3. The first-order chi connectivity index (χ1) is 18.1. The highest BCUT2D eigenvalue weighted by Crippen LogP contribution is 2.40. The number of amides is 1. The van der Waals surface area contributed by atoms with Crippen LogP contribution in [0, 0.1) is 0 Å². The van der Waals surface area contributed by atoms with Crippen molar-refractivity contribution < 1.29 is 13.2 Å². The molecule has 1 saturated carbocycles. The summed E-state index contributed by atoms with van der Waals surface area (Å²) < 4.78 is 27.2. The van der Waals surface area contributed by atoms with Gasteiger partial charge in [0.25, 0.3) is 5.91 Å². The van der Waals surface area contributed by atoms with Gasteiger partial charge in [-0.25, -0.2) is 8.42 Å². The molecule has 1 amide bonds. The van der Waals surface area contributed by atoms with Crippen LogP contribution in [0.1, 0.15) is 60.6 Å². The summed E-state index contributed by atoms with van der Waals surface area (Å²) in [5, 5.41) is 1.30. The average molecular weight is 555 g/mol. The number of hydrogen-bond acceptors (Lipinski definition) is 5. The molecule has 1 aliphatic heterocycles. The van der Waals surface area contributed by atoms with E-state index < -0.39 is 10.0 Å². The highest BCUT2D eigenvalue weighted by molar-refractivity contribution is 7.92. The molecule has 3 aromatic rings. The molecule has 2 aromatic carbocycles. The number of rotatable bonds is 4. The average Bonchev–Trinajstić information content (AvgIpc) is 3.72. The fourth-order valence-electron chi connectivity index (χ4n) is 5.25. The second-order valence-corrected chi connectivity index (χ2v) is 13.0. The van der Waals surface area contributed by atoms with E-state index in [1.54, 1.807) is 12.1 Å². The minimum atomic E-state index is -3.56. The zero-order valence-electron chi connectivity index (χ0n) is 22.2. The second-order valence-electron chi connectivity index (χ2n) is 10.7. The van der Waals surface area contributed by atoms with E-state index in [2.05, 4.69) is 18.7 Å². The first-order valence-corrected chi connectivity index (χ1v) is 15.5. The predicted molar refractivity (Wildman–Crippen MR) is 153 cm³/mol.